The van der Waals surface area contributed by atoms with Gasteiger partial charge in [0.05, 0.1) is 0 Å². The second-order valence-corrected chi connectivity index (χ2v) is 6.33. The van der Waals surface area contributed by atoms with E-state index in [0.29, 0.717) is 11.3 Å². The summed E-state index contributed by atoms with van der Waals surface area (Å²) >= 11 is 0. The maximum absolute atomic E-state index is 12.4. The maximum atomic E-state index is 12.4. The third kappa shape index (κ3) is 5.24. The molecule has 1 aromatic carbocycles. The van der Waals surface area contributed by atoms with Crippen molar-refractivity contribution in [1.82, 2.24) is 4.90 Å². The minimum atomic E-state index is 0. The van der Waals surface area contributed by atoms with Crippen LogP contribution >= 0.6 is 12.4 Å². The van der Waals surface area contributed by atoms with Crippen LogP contribution in [0.1, 0.15) is 49.9 Å². The molecule has 21 heavy (non-hydrogen) atoms. The summed E-state index contributed by atoms with van der Waals surface area (Å²) in [6, 6.07) is 7.28. The number of piperidine rings is 1. The van der Waals surface area contributed by atoms with Crippen LogP contribution in [0.2, 0.25) is 0 Å². The molecular formula is C17H27ClN2O. The summed E-state index contributed by atoms with van der Waals surface area (Å²) in [6.07, 6.45) is 4.88. The highest BCUT2D eigenvalue weighted by atomic mass is 35.5. The topological polar surface area (TPSA) is 46.3 Å². The first-order valence-corrected chi connectivity index (χ1v) is 7.71. The van der Waals surface area contributed by atoms with E-state index in [1.165, 1.54) is 12.8 Å². The molecule has 0 unspecified atom stereocenters. The first-order chi connectivity index (χ1) is 9.56. The van der Waals surface area contributed by atoms with Gasteiger partial charge in [-0.2, -0.15) is 0 Å². The molecule has 1 aliphatic rings. The molecule has 0 atom stereocenters. The molecule has 1 fully saturated rings. The molecule has 0 spiro atoms. The van der Waals surface area contributed by atoms with E-state index in [2.05, 4.69) is 13.8 Å². The van der Waals surface area contributed by atoms with Crippen LogP contribution in [0, 0.1) is 11.8 Å². The highest BCUT2D eigenvalue weighted by Gasteiger charge is 2.23. The van der Waals surface area contributed by atoms with Gasteiger partial charge in [-0.3, -0.25) is 4.79 Å². The Hall–Kier alpha value is -1.22. The van der Waals surface area contributed by atoms with Crippen molar-refractivity contribution in [3.63, 3.8) is 0 Å². The Morgan fingerprint density at radius 3 is 2.57 bits per heavy atom. The van der Waals surface area contributed by atoms with Gasteiger partial charge >= 0.3 is 0 Å². The lowest BCUT2D eigenvalue weighted by atomic mass is 9.89. The lowest BCUT2D eigenvalue weighted by Crippen LogP contribution is -2.38. The van der Waals surface area contributed by atoms with E-state index in [0.717, 1.165) is 37.8 Å². The molecular weight excluding hydrogens is 284 g/mol. The quantitative estimate of drug-likeness (QED) is 0.855. The zero-order chi connectivity index (χ0) is 14.5. The summed E-state index contributed by atoms with van der Waals surface area (Å²) in [5.41, 5.74) is 7.11. The lowest BCUT2D eigenvalue weighted by Gasteiger charge is -2.32. The molecule has 4 heteroatoms. The van der Waals surface area contributed by atoms with Gasteiger partial charge in [0.25, 0.3) is 5.91 Å². The fourth-order valence-corrected chi connectivity index (χ4v) is 2.85. The number of hydrogen-bond donors (Lipinski definition) is 1. The fourth-order valence-electron chi connectivity index (χ4n) is 2.85. The van der Waals surface area contributed by atoms with E-state index in [4.69, 9.17) is 5.73 Å². The van der Waals surface area contributed by atoms with E-state index in [-0.39, 0.29) is 18.3 Å². The fraction of sp³-hybridized carbons (Fsp3) is 0.588. The molecule has 1 aliphatic heterocycles. The number of nitrogen functional groups attached to an aromatic ring is 1. The molecule has 1 heterocycles. The number of halogens is 1. The van der Waals surface area contributed by atoms with Gasteiger partial charge in [-0.05, 0) is 42.9 Å². The summed E-state index contributed by atoms with van der Waals surface area (Å²) in [7, 11) is 0. The van der Waals surface area contributed by atoms with Gasteiger partial charge in [0, 0.05) is 24.3 Å². The molecule has 0 aliphatic carbocycles. The zero-order valence-electron chi connectivity index (χ0n) is 13.0. The van der Waals surface area contributed by atoms with E-state index in [9.17, 15) is 4.79 Å². The van der Waals surface area contributed by atoms with Crippen molar-refractivity contribution in [2.75, 3.05) is 18.8 Å². The van der Waals surface area contributed by atoms with E-state index in [1.807, 2.05) is 23.1 Å². The summed E-state index contributed by atoms with van der Waals surface area (Å²) < 4.78 is 0. The van der Waals surface area contributed by atoms with Gasteiger partial charge in [0.15, 0.2) is 0 Å². The molecule has 1 amide bonds. The molecule has 0 bridgehead atoms. The first-order valence-electron chi connectivity index (χ1n) is 7.71. The van der Waals surface area contributed by atoms with Crippen LogP contribution in [-0.4, -0.2) is 23.9 Å². The Balaban J connectivity index is 0.00000220. The molecule has 0 aromatic heterocycles. The molecule has 3 nitrogen and oxygen atoms in total. The number of carbonyl (C=O) groups is 1. The van der Waals surface area contributed by atoms with E-state index >= 15 is 0 Å². The Labute approximate surface area is 134 Å². The predicted molar refractivity (Wildman–Crippen MR) is 90.8 cm³/mol. The second kappa shape index (κ2) is 8.28. The first kappa shape index (κ1) is 17.8. The third-order valence-electron chi connectivity index (χ3n) is 4.19. The van der Waals surface area contributed by atoms with Gasteiger partial charge in [-0.25, -0.2) is 0 Å². The third-order valence-corrected chi connectivity index (χ3v) is 4.19. The Bertz CT molecular complexity index is 454. The minimum absolute atomic E-state index is 0. The molecule has 0 saturated carbocycles. The highest BCUT2D eigenvalue weighted by molar-refractivity contribution is 5.95. The van der Waals surface area contributed by atoms with Gasteiger partial charge in [-0.1, -0.05) is 32.8 Å². The summed E-state index contributed by atoms with van der Waals surface area (Å²) in [5.74, 6) is 1.70. The largest absolute Gasteiger partial charge is 0.399 e. The van der Waals surface area contributed by atoms with Crippen LogP contribution in [0.3, 0.4) is 0 Å². The van der Waals surface area contributed by atoms with Gasteiger partial charge in [-0.15, -0.1) is 12.4 Å². The van der Waals surface area contributed by atoms with E-state index in [1.54, 1.807) is 6.07 Å². The summed E-state index contributed by atoms with van der Waals surface area (Å²) in [5, 5.41) is 0. The molecule has 2 rings (SSSR count). The number of likely N-dealkylation sites (tertiary alicyclic amines) is 1. The number of carbonyl (C=O) groups excluding carboxylic acids is 1. The monoisotopic (exact) mass is 310 g/mol. The molecule has 0 radical (unpaired) electrons. The zero-order valence-corrected chi connectivity index (χ0v) is 13.9. The minimum Gasteiger partial charge on any atom is -0.399 e. The number of nitrogens with two attached hydrogens (primary N) is 1. The van der Waals surface area contributed by atoms with Crippen LogP contribution < -0.4 is 5.73 Å². The molecule has 2 N–H and O–H groups in total. The number of benzene rings is 1. The SMILES string of the molecule is CC(C)CCC1CCN(C(=O)c2cccc(N)c2)CC1.Cl. The molecule has 118 valence electrons. The average molecular weight is 311 g/mol. The van der Waals surface area contributed by atoms with Crippen molar-refractivity contribution in [3.05, 3.63) is 29.8 Å². The Morgan fingerprint density at radius 2 is 2.00 bits per heavy atom. The number of nitrogens with zero attached hydrogens (tertiary/aromatic N) is 1. The standard InChI is InChI=1S/C17H26N2O.ClH/c1-13(2)6-7-14-8-10-19(11-9-14)17(20)15-4-3-5-16(18)12-15;/h3-5,12-14H,6-11,18H2,1-2H3;1H. The summed E-state index contributed by atoms with van der Waals surface area (Å²) in [6.45, 7) is 6.32. The van der Waals surface area contributed by atoms with Crippen LogP contribution in [0.5, 0.6) is 0 Å². The van der Waals surface area contributed by atoms with Crippen LogP contribution in [0.15, 0.2) is 24.3 Å². The Morgan fingerprint density at radius 1 is 1.33 bits per heavy atom. The average Bonchev–Trinajstić information content (AvgIpc) is 2.45. The number of amides is 1. The smallest absolute Gasteiger partial charge is 0.253 e. The second-order valence-electron chi connectivity index (χ2n) is 6.33. The summed E-state index contributed by atoms with van der Waals surface area (Å²) in [4.78, 5) is 14.4. The predicted octanol–water partition coefficient (Wildman–Crippen LogP) is 3.98. The van der Waals surface area contributed by atoms with Crippen LogP contribution in [0.4, 0.5) is 5.69 Å². The van der Waals surface area contributed by atoms with Crippen molar-refractivity contribution < 1.29 is 4.79 Å². The van der Waals surface area contributed by atoms with Gasteiger partial charge < -0.3 is 10.6 Å². The maximum Gasteiger partial charge on any atom is 0.253 e. The van der Waals surface area contributed by atoms with E-state index < -0.39 is 0 Å². The van der Waals surface area contributed by atoms with Gasteiger partial charge in [0.1, 0.15) is 0 Å². The van der Waals surface area contributed by atoms with Crippen molar-refractivity contribution in [2.45, 2.75) is 39.5 Å². The normalized spacial score (nSPS) is 15.9. The van der Waals surface area contributed by atoms with Crippen LogP contribution in [0.25, 0.3) is 0 Å². The van der Waals surface area contributed by atoms with Crippen molar-refractivity contribution in [1.29, 1.82) is 0 Å². The highest BCUT2D eigenvalue weighted by Crippen LogP contribution is 2.24. The molecule has 1 saturated heterocycles. The van der Waals surface area contributed by atoms with Crippen molar-refractivity contribution >= 4 is 24.0 Å². The Kier molecular flexibility index (Phi) is 7.03. The number of rotatable bonds is 4. The number of hydrogen-bond acceptors (Lipinski definition) is 2. The van der Waals surface area contributed by atoms with Crippen molar-refractivity contribution in [3.8, 4) is 0 Å². The van der Waals surface area contributed by atoms with Gasteiger partial charge in [0.2, 0.25) is 0 Å². The van der Waals surface area contributed by atoms with Crippen molar-refractivity contribution in [2.24, 2.45) is 11.8 Å². The lowest BCUT2D eigenvalue weighted by molar-refractivity contribution is 0.0684. The number of anilines is 1. The van der Waals surface area contributed by atoms with Crippen LogP contribution in [-0.2, 0) is 0 Å². The molecule has 1 aromatic rings.